The second-order valence-corrected chi connectivity index (χ2v) is 4.45. The summed E-state index contributed by atoms with van der Waals surface area (Å²) >= 11 is 11.7. The lowest BCUT2D eigenvalue weighted by atomic mass is 10.1. The molecule has 0 heterocycles. The molecule has 0 radical (unpaired) electrons. The van der Waals surface area contributed by atoms with Crippen molar-refractivity contribution in [2.75, 3.05) is 0 Å². The highest BCUT2D eigenvalue weighted by Gasteiger charge is 2.67. The molecule has 8 heavy (non-hydrogen) atoms. The average molecular weight is 153 g/mol. The predicted molar refractivity (Wildman–Crippen MR) is 37.4 cm³/mol. The van der Waals surface area contributed by atoms with Gasteiger partial charge in [0.2, 0.25) is 0 Å². The Bertz CT molecular complexity index is 102. The third kappa shape index (κ3) is 0.534. The van der Waals surface area contributed by atoms with Gasteiger partial charge in [-0.15, -0.1) is 23.2 Å². The van der Waals surface area contributed by atoms with E-state index in [1.54, 1.807) is 0 Å². The minimum atomic E-state index is -0.451. The van der Waals surface area contributed by atoms with Crippen LogP contribution in [0.5, 0.6) is 0 Å². The van der Waals surface area contributed by atoms with Gasteiger partial charge in [0.25, 0.3) is 0 Å². The van der Waals surface area contributed by atoms with Gasteiger partial charge in [-0.25, -0.2) is 0 Å². The maximum atomic E-state index is 5.85. The Hall–Kier alpha value is 0.580. The van der Waals surface area contributed by atoms with Crippen LogP contribution in [0.15, 0.2) is 0 Å². The molecule has 0 saturated heterocycles. The first-order valence-corrected chi connectivity index (χ1v) is 3.54. The molecule has 0 aromatic carbocycles. The minimum Gasteiger partial charge on any atom is -0.101 e. The topological polar surface area (TPSA) is 0 Å². The predicted octanol–water partition coefficient (Wildman–Crippen LogP) is 2.84. The van der Waals surface area contributed by atoms with Crippen molar-refractivity contribution in [1.29, 1.82) is 0 Å². The summed E-state index contributed by atoms with van der Waals surface area (Å²) in [5.74, 6) is 0.443. The van der Waals surface area contributed by atoms with Crippen LogP contribution in [0.25, 0.3) is 0 Å². The van der Waals surface area contributed by atoms with E-state index >= 15 is 0 Å². The fourth-order valence-electron chi connectivity index (χ4n) is 0.898. The highest BCUT2D eigenvalue weighted by atomic mass is 35.5. The van der Waals surface area contributed by atoms with Gasteiger partial charge in [-0.2, -0.15) is 0 Å². The molecular weight excluding hydrogens is 143 g/mol. The molecule has 1 aliphatic rings. The molecule has 1 rings (SSSR count). The van der Waals surface area contributed by atoms with E-state index in [9.17, 15) is 0 Å². The zero-order chi connectivity index (χ0) is 6.58. The largest absolute Gasteiger partial charge is 0.126 e. The van der Waals surface area contributed by atoms with Gasteiger partial charge in [-0.3, -0.25) is 0 Å². The quantitative estimate of drug-likeness (QED) is 0.469. The average Bonchev–Trinajstić information content (AvgIpc) is 1.88. The Labute approximate surface area is 60.2 Å². The monoisotopic (exact) mass is 152 g/mol. The van der Waals surface area contributed by atoms with E-state index in [2.05, 4.69) is 20.8 Å². The zero-order valence-corrected chi connectivity index (χ0v) is 6.85. The number of hydrogen-bond donors (Lipinski definition) is 0. The van der Waals surface area contributed by atoms with Gasteiger partial charge in [-0.1, -0.05) is 20.8 Å². The standard InChI is InChI=1S/C6H10Cl2/c1-4-5(2,3)6(4,7)8/h4H,1-3H3/t4-/m0/s1. The second-order valence-electron chi connectivity index (χ2n) is 3.07. The van der Waals surface area contributed by atoms with E-state index in [1.165, 1.54) is 0 Å². The molecule has 0 nitrogen and oxygen atoms in total. The van der Waals surface area contributed by atoms with Gasteiger partial charge in [0.05, 0.1) is 0 Å². The van der Waals surface area contributed by atoms with E-state index in [0.717, 1.165) is 0 Å². The van der Waals surface area contributed by atoms with Crippen LogP contribution in [-0.2, 0) is 0 Å². The Kier molecular flexibility index (Phi) is 1.13. The van der Waals surface area contributed by atoms with E-state index < -0.39 is 4.33 Å². The van der Waals surface area contributed by atoms with Crippen molar-refractivity contribution in [3.8, 4) is 0 Å². The van der Waals surface area contributed by atoms with E-state index in [0.29, 0.717) is 5.92 Å². The van der Waals surface area contributed by atoms with Crippen molar-refractivity contribution in [2.24, 2.45) is 11.3 Å². The first-order chi connectivity index (χ1) is 3.40. The number of halogens is 2. The molecule has 1 saturated carbocycles. The third-order valence-electron chi connectivity index (χ3n) is 2.40. The smallest absolute Gasteiger partial charge is 0.101 e. The van der Waals surface area contributed by atoms with Crippen LogP contribution in [0.4, 0.5) is 0 Å². The summed E-state index contributed by atoms with van der Waals surface area (Å²) in [6, 6.07) is 0. The summed E-state index contributed by atoms with van der Waals surface area (Å²) in [5.41, 5.74) is 0.135. The molecule has 0 unspecified atom stereocenters. The summed E-state index contributed by atoms with van der Waals surface area (Å²) < 4.78 is -0.451. The number of alkyl halides is 2. The summed E-state index contributed by atoms with van der Waals surface area (Å²) in [6.45, 7) is 6.23. The van der Waals surface area contributed by atoms with Gasteiger partial charge in [0.1, 0.15) is 4.33 Å². The molecule has 0 amide bonds. The first kappa shape index (κ1) is 6.70. The van der Waals surface area contributed by atoms with Gasteiger partial charge in [0.15, 0.2) is 0 Å². The highest BCUT2D eigenvalue weighted by Crippen LogP contribution is 2.68. The Balaban J connectivity index is 2.72. The van der Waals surface area contributed by atoms with Gasteiger partial charge >= 0.3 is 0 Å². The van der Waals surface area contributed by atoms with Crippen LogP contribution in [0.1, 0.15) is 20.8 Å². The van der Waals surface area contributed by atoms with Crippen molar-refractivity contribution >= 4 is 23.2 Å². The molecule has 0 aromatic rings. The Morgan fingerprint density at radius 1 is 1.25 bits per heavy atom. The van der Waals surface area contributed by atoms with Crippen LogP contribution in [0, 0.1) is 11.3 Å². The zero-order valence-electron chi connectivity index (χ0n) is 5.33. The summed E-state index contributed by atoms with van der Waals surface area (Å²) in [7, 11) is 0. The van der Waals surface area contributed by atoms with E-state index in [4.69, 9.17) is 23.2 Å². The highest BCUT2D eigenvalue weighted by molar-refractivity contribution is 6.51. The fourth-order valence-corrected chi connectivity index (χ4v) is 1.66. The number of rotatable bonds is 0. The second kappa shape index (κ2) is 1.35. The normalized spacial score (nSPS) is 39.4. The maximum absolute atomic E-state index is 5.85. The molecule has 48 valence electrons. The molecule has 0 N–H and O–H groups in total. The van der Waals surface area contributed by atoms with Crippen molar-refractivity contribution in [2.45, 2.75) is 25.1 Å². The molecule has 1 fully saturated rings. The molecular formula is C6H10Cl2. The molecule has 0 spiro atoms. The van der Waals surface area contributed by atoms with Crippen LogP contribution in [0.2, 0.25) is 0 Å². The summed E-state index contributed by atoms with van der Waals surface area (Å²) in [6.07, 6.45) is 0. The molecule has 1 atom stereocenters. The van der Waals surface area contributed by atoms with Crippen molar-refractivity contribution < 1.29 is 0 Å². The van der Waals surface area contributed by atoms with Gasteiger partial charge in [0, 0.05) is 5.41 Å². The SMILES string of the molecule is C[C@H]1C(C)(C)C1(Cl)Cl. The number of hydrogen-bond acceptors (Lipinski definition) is 0. The lowest BCUT2D eigenvalue weighted by molar-refractivity contribution is 0.582. The van der Waals surface area contributed by atoms with E-state index in [-0.39, 0.29) is 5.41 Å². The van der Waals surface area contributed by atoms with Crippen LogP contribution in [0.3, 0.4) is 0 Å². The molecule has 0 aromatic heterocycles. The molecule has 2 heteroatoms. The Morgan fingerprint density at radius 3 is 1.38 bits per heavy atom. The third-order valence-corrected chi connectivity index (χ3v) is 4.03. The first-order valence-electron chi connectivity index (χ1n) is 2.78. The maximum Gasteiger partial charge on any atom is 0.126 e. The summed E-state index contributed by atoms with van der Waals surface area (Å²) in [5, 5.41) is 0. The van der Waals surface area contributed by atoms with Crippen molar-refractivity contribution in [1.82, 2.24) is 0 Å². The molecule has 0 aliphatic heterocycles. The lowest BCUT2D eigenvalue weighted by Gasteiger charge is -1.99. The Morgan fingerprint density at radius 2 is 1.38 bits per heavy atom. The lowest BCUT2D eigenvalue weighted by Crippen LogP contribution is -1.96. The molecule has 0 bridgehead atoms. The van der Waals surface area contributed by atoms with Gasteiger partial charge < -0.3 is 0 Å². The summed E-state index contributed by atoms with van der Waals surface area (Å²) in [4.78, 5) is 0. The van der Waals surface area contributed by atoms with Crippen molar-refractivity contribution in [3.63, 3.8) is 0 Å². The van der Waals surface area contributed by atoms with Crippen LogP contribution >= 0.6 is 23.2 Å². The minimum absolute atomic E-state index is 0.135. The van der Waals surface area contributed by atoms with E-state index in [1.807, 2.05) is 0 Å². The van der Waals surface area contributed by atoms with Gasteiger partial charge in [-0.05, 0) is 5.92 Å². The van der Waals surface area contributed by atoms with Crippen LogP contribution in [-0.4, -0.2) is 4.33 Å². The van der Waals surface area contributed by atoms with Crippen LogP contribution < -0.4 is 0 Å². The fraction of sp³-hybridized carbons (Fsp3) is 1.00. The molecule has 1 aliphatic carbocycles. The van der Waals surface area contributed by atoms with Crippen molar-refractivity contribution in [3.05, 3.63) is 0 Å².